The maximum atomic E-state index is 12.5. The molecular formula is C23H22ClN5O2S. The average molecular weight is 468 g/mol. The molecule has 0 radical (unpaired) electrons. The number of H-pyrrole nitrogens is 1. The molecule has 2 aromatic carbocycles. The van der Waals surface area contributed by atoms with Crippen LogP contribution in [0.15, 0.2) is 53.8 Å². The van der Waals surface area contributed by atoms with E-state index in [1.807, 2.05) is 18.3 Å². The lowest BCUT2D eigenvalue weighted by Gasteiger charge is -2.11. The summed E-state index contributed by atoms with van der Waals surface area (Å²) >= 11 is 7.60. The zero-order valence-corrected chi connectivity index (χ0v) is 19.0. The van der Waals surface area contributed by atoms with Gasteiger partial charge in [0.25, 0.3) is 0 Å². The maximum absolute atomic E-state index is 12.5. The number of amides is 1. The van der Waals surface area contributed by atoms with E-state index in [-0.39, 0.29) is 5.91 Å². The molecule has 0 saturated heterocycles. The third-order valence-electron chi connectivity index (χ3n) is 5.40. The lowest BCUT2D eigenvalue weighted by molar-refractivity contribution is -0.115. The van der Waals surface area contributed by atoms with Gasteiger partial charge < -0.3 is 15.0 Å². The Balaban J connectivity index is 1.29. The summed E-state index contributed by atoms with van der Waals surface area (Å²) in [5, 5.41) is 14.4. The summed E-state index contributed by atoms with van der Waals surface area (Å²) in [6.45, 7) is 0. The molecule has 32 heavy (non-hydrogen) atoms. The van der Waals surface area contributed by atoms with Gasteiger partial charge in [0.1, 0.15) is 5.75 Å². The Hall–Kier alpha value is -2.97. The number of benzene rings is 2. The van der Waals surface area contributed by atoms with Gasteiger partial charge in [-0.05, 0) is 37.1 Å². The van der Waals surface area contributed by atoms with Crippen LogP contribution >= 0.6 is 23.4 Å². The number of rotatable bonds is 8. The number of carbonyl (C=O) groups excluding carboxylic acids is 1. The van der Waals surface area contributed by atoms with Gasteiger partial charge in [0.2, 0.25) is 5.91 Å². The fourth-order valence-electron chi connectivity index (χ4n) is 3.70. The summed E-state index contributed by atoms with van der Waals surface area (Å²) in [4.78, 5) is 15.8. The zero-order valence-electron chi connectivity index (χ0n) is 17.5. The fraction of sp³-hybridized carbons (Fsp3) is 0.261. The van der Waals surface area contributed by atoms with Crippen LogP contribution in [0, 0.1) is 0 Å². The maximum Gasteiger partial charge on any atom is 0.225 e. The second-order valence-electron chi connectivity index (χ2n) is 7.65. The summed E-state index contributed by atoms with van der Waals surface area (Å²) in [5.74, 6) is 1.94. The first-order chi connectivity index (χ1) is 15.6. The van der Waals surface area contributed by atoms with E-state index in [0.29, 0.717) is 34.7 Å². The topological polar surface area (TPSA) is 84.8 Å². The number of thioether (sulfide) groups is 1. The molecule has 0 unspecified atom stereocenters. The van der Waals surface area contributed by atoms with Gasteiger partial charge in [0.05, 0.1) is 12.8 Å². The molecule has 1 aliphatic rings. The van der Waals surface area contributed by atoms with E-state index in [1.165, 1.54) is 0 Å². The Kier molecular flexibility index (Phi) is 5.80. The van der Waals surface area contributed by atoms with Crippen molar-refractivity contribution < 1.29 is 9.53 Å². The first-order valence-corrected chi connectivity index (χ1v) is 11.8. The smallest absolute Gasteiger partial charge is 0.225 e. The van der Waals surface area contributed by atoms with Crippen LogP contribution in [0.2, 0.25) is 5.02 Å². The lowest BCUT2D eigenvalue weighted by Crippen LogP contribution is -2.13. The van der Waals surface area contributed by atoms with Crippen LogP contribution in [0.1, 0.15) is 25.3 Å². The number of hydrogen-bond acceptors (Lipinski definition) is 5. The molecule has 1 amide bonds. The number of ether oxygens (including phenoxy) is 1. The molecule has 1 saturated carbocycles. The highest BCUT2D eigenvalue weighted by Gasteiger charge is 2.31. The Labute approximate surface area is 194 Å². The van der Waals surface area contributed by atoms with E-state index in [2.05, 4.69) is 37.2 Å². The summed E-state index contributed by atoms with van der Waals surface area (Å²) in [7, 11) is 1.56. The summed E-state index contributed by atoms with van der Waals surface area (Å²) in [6.07, 6.45) is 4.57. The fourth-order valence-corrected chi connectivity index (χ4v) is 4.82. The third kappa shape index (κ3) is 4.20. The van der Waals surface area contributed by atoms with Crippen LogP contribution in [0.25, 0.3) is 22.3 Å². The van der Waals surface area contributed by atoms with Crippen molar-refractivity contribution in [2.24, 2.45) is 0 Å². The first-order valence-electron chi connectivity index (χ1n) is 10.4. The predicted octanol–water partition coefficient (Wildman–Crippen LogP) is 5.54. The second-order valence-corrected chi connectivity index (χ2v) is 9.15. The van der Waals surface area contributed by atoms with Crippen molar-refractivity contribution in [2.45, 2.75) is 30.5 Å². The minimum absolute atomic E-state index is 0.104. The predicted molar refractivity (Wildman–Crippen MR) is 128 cm³/mol. The van der Waals surface area contributed by atoms with Crippen molar-refractivity contribution in [3.8, 4) is 17.1 Å². The number of nitrogens with zero attached hydrogens (tertiary/aromatic N) is 3. The molecule has 0 bridgehead atoms. The van der Waals surface area contributed by atoms with E-state index in [4.69, 9.17) is 16.3 Å². The number of halogens is 1. The highest BCUT2D eigenvalue weighted by atomic mass is 35.5. The Morgan fingerprint density at radius 2 is 2.12 bits per heavy atom. The van der Waals surface area contributed by atoms with Gasteiger partial charge in [-0.25, -0.2) is 0 Å². The first kappa shape index (κ1) is 20.9. The molecule has 5 rings (SSSR count). The summed E-state index contributed by atoms with van der Waals surface area (Å²) in [5.41, 5.74) is 2.70. The standard InChI is InChI=1S/C23H22ClN5O2S/c1-31-20-9-6-14(24)12-19(20)26-21(30)10-11-32-23-28-27-22(29(23)15-7-8-15)17-13-25-18-5-3-2-4-16(17)18/h2-6,9,12-13,15,25H,7-8,10-11H2,1H3,(H,26,30). The number of hydrogen-bond donors (Lipinski definition) is 2. The van der Waals surface area contributed by atoms with Crippen molar-refractivity contribution in [3.63, 3.8) is 0 Å². The summed E-state index contributed by atoms with van der Waals surface area (Å²) < 4.78 is 7.51. The molecule has 2 N–H and O–H groups in total. The number of carbonyl (C=O) groups is 1. The zero-order chi connectivity index (χ0) is 22.1. The molecule has 7 nitrogen and oxygen atoms in total. The van der Waals surface area contributed by atoms with Gasteiger partial charge >= 0.3 is 0 Å². The van der Waals surface area contributed by atoms with Gasteiger partial charge in [-0.2, -0.15) is 0 Å². The lowest BCUT2D eigenvalue weighted by atomic mass is 10.1. The van der Waals surface area contributed by atoms with Crippen molar-refractivity contribution >= 4 is 45.9 Å². The van der Waals surface area contributed by atoms with Gasteiger partial charge in [-0.3, -0.25) is 9.36 Å². The quantitative estimate of drug-likeness (QED) is 0.332. The third-order valence-corrected chi connectivity index (χ3v) is 6.58. The molecule has 2 heterocycles. The molecule has 0 atom stereocenters. The van der Waals surface area contributed by atoms with Crippen LogP contribution in [0.3, 0.4) is 0 Å². The second kappa shape index (κ2) is 8.88. The molecule has 1 fully saturated rings. The minimum atomic E-state index is -0.104. The van der Waals surface area contributed by atoms with Crippen LogP contribution in [0.5, 0.6) is 5.75 Å². The molecule has 2 aromatic heterocycles. The Bertz CT molecular complexity index is 1280. The molecule has 164 valence electrons. The van der Waals surface area contributed by atoms with Crippen LogP contribution in [-0.4, -0.2) is 38.5 Å². The normalized spacial score (nSPS) is 13.4. The van der Waals surface area contributed by atoms with Crippen LogP contribution in [0.4, 0.5) is 5.69 Å². The van der Waals surface area contributed by atoms with Gasteiger partial charge in [0.15, 0.2) is 11.0 Å². The SMILES string of the molecule is COc1ccc(Cl)cc1NC(=O)CCSc1nnc(-c2c[nH]c3ccccc23)n1C1CC1. The molecule has 4 aromatic rings. The van der Waals surface area contributed by atoms with Crippen molar-refractivity contribution in [1.82, 2.24) is 19.7 Å². The van der Waals surface area contributed by atoms with Crippen molar-refractivity contribution in [3.05, 3.63) is 53.7 Å². The van der Waals surface area contributed by atoms with Gasteiger partial charge in [-0.1, -0.05) is 41.6 Å². The highest BCUT2D eigenvalue weighted by Crippen LogP contribution is 2.42. The van der Waals surface area contributed by atoms with E-state index in [1.54, 1.807) is 37.1 Å². The molecule has 0 aliphatic heterocycles. The number of aromatic nitrogens is 4. The number of aromatic amines is 1. The molecular weight excluding hydrogens is 446 g/mol. The molecule has 1 aliphatic carbocycles. The monoisotopic (exact) mass is 467 g/mol. The van der Waals surface area contributed by atoms with Gasteiger partial charge in [0, 0.05) is 45.9 Å². The largest absolute Gasteiger partial charge is 0.495 e. The number of para-hydroxylation sites is 1. The van der Waals surface area contributed by atoms with E-state index < -0.39 is 0 Å². The Morgan fingerprint density at radius 3 is 2.94 bits per heavy atom. The van der Waals surface area contributed by atoms with Crippen LogP contribution < -0.4 is 10.1 Å². The van der Waals surface area contributed by atoms with E-state index >= 15 is 0 Å². The van der Waals surface area contributed by atoms with E-state index in [9.17, 15) is 4.79 Å². The molecule has 0 spiro atoms. The number of anilines is 1. The van der Waals surface area contributed by atoms with Crippen LogP contribution in [-0.2, 0) is 4.79 Å². The van der Waals surface area contributed by atoms with Crippen molar-refractivity contribution in [2.75, 3.05) is 18.2 Å². The number of fused-ring (bicyclic) bond motifs is 1. The van der Waals surface area contributed by atoms with Gasteiger partial charge in [-0.15, -0.1) is 10.2 Å². The minimum Gasteiger partial charge on any atom is -0.495 e. The van der Waals surface area contributed by atoms with E-state index in [0.717, 1.165) is 40.3 Å². The average Bonchev–Trinajstić information content (AvgIpc) is 3.40. The highest BCUT2D eigenvalue weighted by molar-refractivity contribution is 7.99. The number of methoxy groups -OCH3 is 1. The number of nitrogens with one attached hydrogen (secondary N) is 2. The van der Waals surface area contributed by atoms with Crippen molar-refractivity contribution in [1.29, 1.82) is 0 Å². The summed E-state index contributed by atoms with van der Waals surface area (Å²) in [6, 6.07) is 13.7. The Morgan fingerprint density at radius 1 is 1.28 bits per heavy atom. The molecule has 9 heteroatoms.